The second-order valence-electron chi connectivity index (χ2n) is 6.98. The first-order chi connectivity index (χ1) is 13.3. The van der Waals surface area contributed by atoms with Gasteiger partial charge in [0.15, 0.2) is 0 Å². The molecule has 0 aliphatic carbocycles. The zero-order valence-corrected chi connectivity index (χ0v) is 17.4. The third-order valence-corrected chi connectivity index (χ3v) is 6.11. The van der Waals surface area contributed by atoms with Crippen LogP contribution in [-0.4, -0.2) is 22.5 Å². The highest BCUT2D eigenvalue weighted by atomic mass is 35.5. The van der Waals surface area contributed by atoms with E-state index in [0.29, 0.717) is 15.6 Å². The van der Waals surface area contributed by atoms with Crippen molar-refractivity contribution in [2.45, 2.75) is 20.8 Å². The fourth-order valence-corrected chi connectivity index (χ4v) is 4.64. The number of nitrogens with one attached hydrogen (secondary N) is 1. The molecule has 0 saturated carbocycles. The lowest BCUT2D eigenvalue weighted by Crippen LogP contribution is -2.26. The van der Waals surface area contributed by atoms with Gasteiger partial charge in [-0.15, -0.1) is 11.3 Å². The maximum atomic E-state index is 10.6. The fraction of sp³-hybridized carbons (Fsp3) is 0.182. The highest BCUT2D eigenvalue weighted by molar-refractivity contribution is 7.13. The van der Waals surface area contributed by atoms with Crippen LogP contribution >= 0.6 is 22.9 Å². The maximum absolute atomic E-state index is 10.6. The summed E-state index contributed by atoms with van der Waals surface area (Å²) in [7, 11) is 0. The number of aliphatic hydroxyl groups excluding tert-OH is 1. The number of anilines is 1. The third-order valence-electron chi connectivity index (χ3n) is 4.89. The van der Waals surface area contributed by atoms with Crippen LogP contribution in [0.5, 0.6) is 0 Å². The molecule has 0 radical (unpaired) electrons. The van der Waals surface area contributed by atoms with E-state index >= 15 is 0 Å². The van der Waals surface area contributed by atoms with Crippen molar-refractivity contribution >= 4 is 40.0 Å². The zero-order chi connectivity index (χ0) is 20.0. The van der Waals surface area contributed by atoms with Gasteiger partial charge in [-0.3, -0.25) is 5.41 Å². The van der Waals surface area contributed by atoms with Crippen LogP contribution in [0.25, 0.3) is 16.8 Å². The number of benzene rings is 2. The molecule has 0 unspecified atom stereocenters. The summed E-state index contributed by atoms with van der Waals surface area (Å²) in [4.78, 5) is 7.62. The Labute approximate surface area is 173 Å². The van der Waals surface area contributed by atoms with E-state index < -0.39 is 0 Å². The summed E-state index contributed by atoms with van der Waals surface area (Å²) in [5.74, 6) is 0.427. The van der Waals surface area contributed by atoms with Crippen LogP contribution in [0.4, 0.5) is 5.69 Å². The molecule has 28 heavy (non-hydrogen) atoms. The standard InChI is InChI=1S/C22H20ClN3OS/c1-12-4-6-15(7-5-12)20-14(3)28-22(25-20)19-18(27)11-26(21(19)24)17-9-8-16(23)10-13(17)2/h4-10,24,27H,11H2,1-3H3. The Hall–Kier alpha value is -2.63. The Kier molecular flexibility index (Phi) is 4.73. The molecule has 6 heteroatoms. The number of halogens is 1. The van der Waals surface area contributed by atoms with E-state index in [9.17, 15) is 5.11 Å². The lowest BCUT2D eigenvalue weighted by atomic mass is 10.1. The molecule has 142 valence electrons. The van der Waals surface area contributed by atoms with Crippen LogP contribution in [0.2, 0.25) is 5.02 Å². The van der Waals surface area contributed by atoms with Gasteiger partial charge in [0.25, 0.3) is 0 Å². The van der Waals surface area contributed by atoms with E-state index in [2.05, 4.69) is 31.2 Å². The minimum atomic E-state index is 0.170. The smallest absolute Gasteiger partial charge is 0.139 e. The SMILES string of the molecule is Cc1ccc(-c2nc(C3=C(O)CN(c4ccc(Cl)cc4C)C3=N)sc2C)cc1. The molecule has 1 aliphatic heterocycles. The third kappa shape index (κ3) is 3.21. The minimum Gasteiger partial charge on any atom is -0.510 e. The molecular formula is C22H20ClN3OS. The molecule has 3 aromatic rings. The topological polar surface area (TPSA) is 60.2 Å². The maximum Gasteiger partial charge on any atom is 0.139 e. The lowest BCUT2D eigenvalue weighted by molar-refractivity contribution is 0.411. The molecule has 0 bridgehead atoms. The Morgan fingerprint density at radius 3 is 2.50 bits per heavy atom. The fourth-order valence-electron chi connectivity index (χ4n) is 3.41. The van der Waals surface area contributed by atoms with E-state index in [1.54, 1.807) is 11.0 Å². The molecule has 1 aromatic heterocycles. The van der Waals surface area contributed by atoms with Gasteiger partial charge in [-0.05, 0) is 44.5 Å². The molecule has 1 aliphatic rings. The highest BCUT2D eigenvalue weighted by Crippen LogP contribution is 2.37. The van der Waals surface area contributed by atoms with Gasteiger partial charge in [0, 0.05) is 21.2 Å². The molecule has 4 nitrogen and oxygen atoms in total. The van der Waals surface area contributed by atoms with Crippen molar-refractivity contribution in [3.63, 3.8) is 0 Å². The molecule has 4 rings (SSSR count). The molecule has 2 N–H and O–H groups in total. The van der Waals surface area contributed by atoms with Gasteiger partial charge >= 0.3 is 0 Å². The molecule has 0 fully saturated rings. The number of aliphatic hydroxyl groups is 1. The Morgan fingerprint density at radius 2 is 1.82 bits per heavy atom. The molecule has 2 aromatic carbocycles. The van der Waals surface area contributed by atoms with Gasteiger partial charge in [0.2, 0.25) is 0 Å². The Morgan fingerprint density at radius 1 is 1.11 bits per heavy atom. The van der Waals surface area contributed by atoms with Crippen LogP contribution < -0.4 is 4.90 Å². The van der Waals surface area contributed by atoms with Gasteiger partial charge in [-0.2, -0.15) is 0 Å². The number of aryl methyl sites for hydroxylation is 3. The molecule has 2 heterocycles. The van der Waals surface area contributed by atoms with Crippen LogP contribution in [0, 0.1) is 26.2 Å². The average molecular weight is 410 g/mol. The van der Waals surface area contributed by atoms with E-state index in [-0.39, 0.29) is 18.1 Å². The normalized spacial score (nSPS) is 14.3. The number of nitrogens with zero attached hydrogens (tertiary/aromatic N) is 2. The van der Waals surface area contributed by atoms with Crippen molar-refractivity contribution in [2.75, 3.05) is 11.4 Å². The Balaban J connectivity index is 1.70. The predicted molar refractivity (Wildman–Crippen MR) is 118 cm³/mol. The van der Waals surface area contributed by atoms with Crippen LogP contribution in [0.1, 0.15) is 21.0 Å². The summed E-state index contributed by atoms with van der Waals surface area (Å²) >= 11 is 7.57. The van der Waals surface area contributed by atoms with Gasteiger partial charge in [-0.25, -0.2) is 4.98 Å². The minimum absolute atomic E-state index is 0.170. The van der Waals surface area contributed by atoms with Crippen molar-refractivity contribution in [3.05, 3.63) is 74.3 Å². The second kappa shape index (κ2) is 7.08. The summed E-state index contributed by atoms with van der Waals surface area (Å²) in [6, 6.07) is 13.8. The summed E-state index contributed by atoms with van der Waals surface area (Å²) in [6.07, 6.45) is 0. The number of thiazole rings is 1. The summed E-state index contributed by atoms with van der Waals surface area (Å²) in [6.45, 7) is 6.29. The molecular weight excluding hydrogens is 390 g/mol. The van der Waals surface area contributed by atoms with Gasteiger partial charge in [0.05, 0.1) is 17.8 Å². The number of amidine groups is 1. The van der Waals surface area contributed by atoms with E-state index in [0.717, 1.165) is 27.4 Å². The van der Waals surface area contributed by atoms with Crippen LogP contribution in [0.3, 0.4) is 0 Å². The summed E-state index contributed by atoms with van der Waals surface area (Å²) in [5.41, 5.74) is 5.46. The molecule has 0 saturated heterocycles. The highest BCUT2D eigenvalue weighted by Gasteiger charge is 2.32. The molecule has 0 atom stereocenters. The number of hydrogen-bond acceptors (Lipinski definition) is 4. The number of rotatable bonds is 3. The number of hydrogen-bond donors (Lipinski definition) is 2. The molecule has 0 amide bonds. The average Bonchev–Trinajstić information content (AvgIpc) is 3.15. The second-order valence-corrected chi connectivity index (χ2v) is 8.62. The van der Waals surface area contributed by atoms with Crippen molar-refractivity contribution < 1.29 is 5.11 Å². The first kappa shape index (κ1) is 18.7. The van der Waals surface area contributed by atoms with E-state index in [4.69, 9.17) is 22.0 Å². The van der Waals surface area contributed by atoms with Crippen molar-refractivity contribution in [3.8, 4) is 11.3 Å². The number of aromatic nitrogens is 1. The predicted octanol–water partition coefficient (Wildman–Crippen LogP) is 6.16. The molecule has 0 spiro atoms. The van der Waals surface area contributed by atoms with Gasteiger partial charge in [0.1, 0.15) is 16.6 Å². The first-order valence-corrected chi connectivity index (χ1v) is 10.1. The summed E-state index contributed by atoms with van der Waals surface area (Å²) in [5, 5.41) is 20.6. The lowest BCUT2D eigenvalue weighted by Gasteiger charge is -2.21. The van der Waals surface area contributed by atoms with Crippen molar-refractivity contribution in [2.24, 2.45) is 0 Å². The van der Waals surface area contributed by atoms with E-state index in [1.807, 2.05) is 26.0 Å². The van der Waals surface area contributed by atoms with Crippen LogP contribution in [0.15, 0.2) is 48.2 Å². The zero-order valence-electron chi connectivity index (χ0n) is 15.9. The van der Waals surface area contributed by atoms with E-state index in [1.165, 1.54) is 16.9 Å². The first-order valence-electron chi connectivity index (χ1n) is 8.94. The largest absolute Gasteiger partial charge is 0.510 e. The Bertz CT molecular complexity index is 1120. The summed E-state index contributed by atoms with van der Waals surface area (Å²) < 4.78 is 0. The monoisotopic (exact) mass is 409 g/mol. The van der Waals surface area contributed by atoms with Gasteiger partial charge < -0.3 is 10.0 Å². The van der Waals surface area contributed by atoms with Gasteiger partial charge in [-0.1, -0.05) is 41.4 Å². The van der Waals surface area contributed by atoms with Crippen molar-refractivity contribution in [1.29, 1.82) is 5.41 Å². The van der Waals surface area contributed by atoms with Crippen molar-refractivity contribution in [1.82, 2.24) is 4.98 Å². The quantitative estimate of drug-likeness (QED) is 0.544. The van der Waals surface area contributed by atoms with Crippen LogP contribution in [-0.2, 0) is 0 Å².